The molecule has 0 aliphatic carbocycles. The van der Waals surface area contributed by atoms with Crippen molar-refractivity contribution in [3.63, 3.8) is 0 Å². The second kappa shape index (κ2) is 8.63. The molecule has 2 nitrogen and oxygen atoms in total. The molecule has 0 aliphatic heterocycles. The van der Waals surface area contributed by atoms with Crippen LogP contribution in [-0.4, -0.2) is 24.1 Å². The van der Waals surface area contributed by atoms with Crippen molar-refractivity contribution in [2.45, 2.75) is 19.4 Å². The fourth-order valence-electron chi connectivity index (χ4n) is 0.753. The van der Waals surface area contributed by atoms with Gasteiger partial charge in [-0.1, -0.05) is 13.0 Å². The Hall–Kier alpha value is -0.460. The Bertz CT molecular complexity index is 151. The molecule has 1 N–H and O–H groups in total. The molecule has 1 atom stereocenters. The third-order valence-corrected chi connectivity index (χ3v) is 2.40. The van der Waals surface area contributed by atoms with Gasteiger partial charge in [-0.3, -0.25) is 0 Å². The van der Waals surface area contributed by atoms with E-state index in [1.54, 1.807) is 0 Å². The van der Waals surface area contributed by atoms with Crippen molar-refractivity contribution < 1.29 is 0 Å². The highest BCUT2D eigenvalue weighted by molar-refractivity contribution is 7.99. The fraction of sp³-hybridized carbons (Fsp3) is 0.667. The minimum atomic E-state index is 0.0225. The van der Waals surface area contributed by atoms with Gasteiger partial charge >= 0.3 is 0 Å². The quantitative estimate of drug-likeness (QED) is 0.484. The molecular formula is C9H16N2S. The molecule has 0 bridgehead atoms. The van der Waals surface area contributed by atoms with Gasteiger partial charge in [-0.25, -0.2) is 0 Å². The van der Waals surface area contributed by atoms with Gasteiger partial charge in [0.2, 0.25) is 0 Å². The highest BCUT2D eigenvalue weighted by atomic mass is 32.2. The first-order valence-electron chi connectivity index (χ1n) is 4.16. The summed E-state index contributed by atoms with van der Waals surface area (Å²) in [4.78, 5) is 0. The van der Waals surface area contributed by atoms with Crippen LogP contribution in [0.4, 0.5) is 0 Å². The Kier molecular flexibility index (Phi) is 8.30. The van der Waals surface area contributed by atoms with E-state index in [1.165, 1.54) is 0 Å². The summed E-state index contributed by atoms with van der Waals surface area (Å²) in [6, 6.07) is 2.22. The predicted molar refractivity (Wildman–Crippen MR) is 55.2 cm³/mol. The lowest BCUT2D eigenvalue weighted by atomic mass is 10.2. The lowest BCUT2D eigenvalue weighted by molar-refractivity contribution is 0.612. The molecule has 12 heavy (non-hydrogen) atoms. The van der Waals surface area contributed by atoms with Gasteiger partial charge in [0.05, 0.1) is 12.1 Å². The minimum absolute atomic E-state index is 0.0225. The highest BCUT2D eigenvalue weighted by Gasteiger charge is 2.00. The zero-order valence-electron chi connectivity index (χ0n) is 7.55. The van der Waals surface area contributed by atoms with Crippen molar-refractivity contribution in [1.29, 1.82) is 5.26 Å². The van der Waals surface area contributed by atoms with Crippen molar-refractivity contribution >= 4 is 11.8 Å². The summed E-state index contributed by atoms with van der Waals surface area (Å²) >= 11 is 1.83. The summed E-state index contributed by atoms with van der Waals surface area (Å²) in [7, 11) is 0. The zero-order chi connectivity index (χ0) is 9.23. The summed E-state index contributed by atoms with van der Waals surface area (Å²) in [5, 5.41) is 11.8. The van der Waals surface area contributed by atoms with E-state index >= 15 is 0 Å². The average molecular weight is 184 g/mol. The number of thioether (sulfide) groups is 1. The van der Waals surface area contributed by atoms with E-state index in [-0.39, 0.29) is 6.04 Å². The van der Waals surface area contributed by atoms with Gasteiger partial charge in [-0.2, -0.15) is 17.0 Å². The molecule has 3 heteroatoms. The Morgan fingerprint density at radius 1 is 1.75 bits per heavy atom. The van der Waals surface area contributed by atoms with Gasteiger partial charge in [0.1, 0.15) is 0 Å². The van der Waals surface area contributed by atoms with Crippen LogP contribution in [0.5, 0.6) is 0 Å². The third-order valence-electron chi connectivity index (χ3n) is 1.44. The second-order valence-corrected chi connectivity index (χ2v) is 3.56. The van der Waals surface area contributed by atoms with E-state index in [0.29, 0.717) is 0 Å². The number of nitriles is 1. The first-order chi connectivity index (χ1) is 5.85. The van der Waals surface area contributed by atoms with Crippen LogP contribution in [0.3, 0.4) is 0 Å². The normalized spacial score (nSPS) is 12.0. The van der Waals surface area contributed by atoms with Crippen molar-refractivity contribution in [1.82, 2.24) is 5.32 Å². The van der Waals surface area contributed by atoms with Crippen LogP contribution >= 0.6 is 11.8 Å². The minimum Gasteiger partial charge on any atom is -0.301 e. The first-order valence-corrected chi connectivity index (χ1v) is 5.32. The molecule has 0 aromatic carbocycles. The lowest BCUT2D eigenvalue weighted by Gasteiger charge is -2.07. The molecule has 0 spiro atoms. The summed E-state index contributed by atoms with van der Waals surface area (Å²) in [6.07, 6.45) is 2.77. The number of rotatable bonds is 7. The Morgan fingerprint density at radius 2 is 2.50 bits per heavy atom. The highest BCUT2D eigenvalue weighted by Crippen LogP contribution is 1.97. The Morgan fingerprint density at radius 3 is 3.00 bits per heavy atom. The van der Waals surface area contributed by atoms with Crippen molar-refractivity contribution in [3.8, 4) is 6.07 Å². The number of nitrogens with zero attached hydrogens (tertiary/aromatic N) is 1. The maximum absolute atomic E-state index is 8.59. The van der Waals surface area contributed by atoms with Gasteiger partial charge in [-0.05, 0) is 6.42 Å². The third kappa shape index (κ3) is 6.26. The molecule has 0 radical (unpaired) electrons. The van der Waals surface area contributed by atoms with Crippen molar-refractivity contribution in [3.05, 3.63) is 12.7 Å². The molecule has 0 aromatic rings. The van der Waals surface area contributed by atoms with Gasteiger partial charge in [-0.15, -0.1) is 6.58 Å². The molecule has 0 saturated heterocycles. The molecule has 0 aromatic heterocycles. The summed E-state index contributed by atoms with van der Waals surface area (Å²) in [5.74, 6) is 2.04. The van der Waals surface area contributed by atoms with Crippen LogP contribution in [0.25, 0.3) is 0 Å². The van der Waals surface area contributed by atoms with E-state index < -0.39 is 0 Å². The lowest BCUT2D eigenvalue weighted by Crippen LogP contribution is -2.28. The molecule has 0 aliphatic rings. The van der Waals surface area contributed by atoms with Crippen LogP contribution < -0.4 is 5.32 Å². The van der Waals surface area contributed by atoms with Crippen molar-refractivity contribution in [2.24, 2.45) is 0 Å². The Labute approximate surface area is 79.0 Å². The van der Waals surface area contributed by atoms with Gasteiger partial charge < -0.3 is 5.32 Å². The maximum Gasteiger partial charge on any atom is 0.0950 e. The molecular weight excluding hydrogens is 168 g/mol. The molecule has 0 rings (SSSR count). The van der Waals surface area contributed by atoms with Crippen LogP contribution in [0.1, 0.15) is 13.3 Å². The fourth-order valence-corrected chi connectivity index (χ4v) is 1.35. The topological polar surface area (TPSA) is 35.8 Å². The van der Waals surface area contributed by atoms with E-state index in [0.717, 1.165) is 24.5 Å². The number of hydrogen-bond acceptors (Lipinski definition) is 3. The van der Waals surface area contributed by atoms with Crippen molar-refractivity contribution in [2.75, 3.05) is 18.1 Å². The summed E-state index contributed by atoms with van der Waals surface area (Å²) < 4.78 is 0. The van der Waals surface area contributed by atoms with Crippen LogP contribution in [0, 0.1) is 11.3 Å². The largest absolute Gasteiger partial charge is 0.301 e. The molecule has 1 unspecified atom stereocenters. The second-order valence-electron chi connectivity index (χ2n) is 2.41. The van der Waals surface area contributed by atoms with Crippen LogP contribution in [0.2, 0.25) is 0 Å². The molecule has 0 heterocycles. The van der Waals surface area contributed by atoms with E-state index in [4.69, 9.17) is 5.26 Å². The molecule has 0 fully saturated rings. The van der Waals surface area contributed by atoms with Gasteiger partial charge in [0.15, 0.2) is 0 Å². The Balaban J connectivity index is 3.18. The first kappa shape index (κ1) is 11.5. The zero-order valence-corrected chi connectivity index (χ0v) is 8.36. The van der Waals surface area contributed by atoms with E-state index in [1.807, 2.05) is 24.8 Å². The maximum atomic E-state index is 8.59. The number of nitrogens with one attached hydrogen (secondary N) is 1. The monoisotopic (exact) mass is 184 g/mol. The van der Waals surface area contributed by atoms with E-state index in [9.17, 15) is 0 Å². The molecule has 68 valence electrons. The summed E-state index contributed by atoms with van der Waals surface area (Å²) in [5.41, 5.74) is 0. The van der Waals surface area contributed by atoms with Crippen LogP contribution in [0.15, 0.2) is 12.7 Å². The standard InChI is InChI=1S/C9H16N2S/c1-3-6-12-7-5-11-9(4-2)8-10/h3,9,11H,1,4-7H2,2H3. The average Bonchev–Trinajstić information content (AvgIpc) is 2.11. The van der Waals surface area contributed by atoms with Gasteiger partial charge in [0, 0.05) is 18.1 Å². The molecule has 0 amide bonds. The van der Waals surface area contributed by atoms with Gasteiger partial charge in [0.25, 0.3) is 0 Å². The van der Waals surface area contributed by atoms with Crippen LogP contribution in [-0.2, 0) is 0 Å². The predicted octanol–water partition coefficient (Wildman–Crippen LogP) is 1.80. The number of hydrogen-bond donors (Lipinski definition) is 1. The molecule has 0 saturated carbocycles. The van der Waals surface area contributed by atoms with E-state index in [2.05, 4.69) is 18.0 Å². The SMILES string of the molecule is C=CCSCCNC(C#N)CC. The summed E-state index contributed by atoms with van der Waals surface area (Å²) in [6.45, 7) is 6.55. The smallest absolute Gasteiger partial charge is 0.0950 e.